The van der Waals surface area contributed by atoms with E-state index < -0.39 is 0 Å². The summed E-state index contributed by atoms with van der Waals surface area (Å²) in [6.45, 7) is 1.88. The highest BCUT2D eigenvalue weighted by Gasteiger charge is 2.16. The van der Waals surface area contributed by atoms with Crippen molar-refractivity contribution >= 4 is 0 Å². The second-order valence-electron chi connectivity index (χ2n) is 4.32. The molecule has 3 rings (SSSR count). The van der Waals surface area contributed by atoms with Crippen molar-refractivity contribution in [2.75, 3.05) is 0 Å². The van der Waals surface area contributed by atoms with E-state index in [0.717, 1.165) is 16.9 Å². The van der Waals surface area contributed by atoms with Gasteiger partial charge in [-0.1, -0.05) is 30.3 Å². The number of rotatable bonds is 3. The molecule has 1 unspecified atom stereocenters. The molecule has 3 aromatic rings. The summed E-state index contributed by atoms with van der Waals surface area (Å²) >= 11 is 0. The molecule has 1 aromatic carbocycles. The van der Waals surface area contributed by atoms with Crippen LogP contribution in [0.4, 0.5) is 0 Å². The SMILES string of the molecule is Cc1occc1-c1n[nH]c(C(N)c2ccccc2)n1. The van der Waals surface area contributed by atoms with Gasteiger partial charge in [0.15, 0.2) is 5.82 Å². The molecule has 0 saturated heterocycles. The number of benzene rings is 1. The summed E-state index contributed by atoms with van der Waals surface area (Å²) in [5.74, 6) is 2.04. The van der Waals surface area contributed by atoms with Crippen LogP contribution in [0.3, 0.4) is 0 Å². The average Bonchev–Trinajstić information content (AvgIpc) is 3.07. The molecular formula is C14H14N4O. The lowest BCUT2D eigenvalue weighted by molar-refractivity contribution is 0.535. The summed E-state index contributed by atoms with van der Waals surface area (Å²) < 4.78 is 5.25. The monoisotopic (exact) mass is 254 g/mol. The maximum Gasteiger partial charge on any atom is 0.184 e. The van der Waals surface area contributed by atoms with E-state index >= 15 is 0 Å². The van der Waals surface area contributed by atoms with Gasteiger partial charge in [-0.2, -0.15) is 5.10 Å². The van der Waals surface area contributed by atoms with E-state index in [0.29, 0.717) is 11.6 Å². The quantitative estimate of drug-likeness (QED) is 0.752. The Balaban J connectivity index is 1.92. The molecule has 0 spiro atoms. The summed E-state index contributed by atoms with van der Waals surface area (Å²) in [6, 6.07) is 11.3. The Morgan fingerprint density at radius 3 is 2.68 bits per heavy atom. The molecule has 0 saturated carbocycles. The van der Waals surface area contributed by atoms with Gasteiger partial charge in [0.2, 0.25) is 0 Å². The molecule has 0 aliphatic rings. The lowest BCUT2D eigenvalue weighted by atomic mass is 10.1. The van der Waals surface area contributed by atoms with Crippen molar-refractivity contribution in [2.24, 2.45) is 5.73 Å². The normalized spacial score (nSPS) is 12.5. The zero-order valence-electron chi connectivity index (χ0n) is 10.5. The molecule has 1 atom stereocenters. The van der Waals surface area contributed by atoms with Crippen LogP contribution >= 0.6 is 0 Å². The summed E-state index contributed by atoms with van der Waals surface area (Å²) in [4.78, 5) is 4.44. The summed E-state index contributed by atoms with van der Waals surface area (Å²) in [5, 5.41) is 7.08. The average molecular weight is 254 g/mol. The van der Waals surface area contributed by atoms with Crippen LogP contribution in [0.5, 0.6) is 0 Å². The first-order valence-corrected chi connectivity index (χ1v) is 6.03. The van der Waals surface area contributed by atoms with Crippen LogP contribution < -0.4 is 5.73 Å². The number of hydrogen-bond acceptors (Lipinski definition) is 4. The highest BCUT2D eigenvalue weighted by molar-refractivity contribution is 5.56. The van der Waals surface area contributed by atoms with E-state index in [4.69, 9.17) is 10.2 Å². The Kier molecular flexibility index (Phi) is 2.89. The smallest absolute Gasteiger partial charge is 0.184 e. The molecule has 0 radical (unpaired) electrons. The van der Waals surface area contributed by atoms with Gasteiger partial charge < -0.3 is 10.2 Å². The molecule has 2 heterocycles. The van der Waals surface area contributed by atoms with Gasteiger partial charge in [-0.05, 0) is 18.6 Å². The Morgan fingerprint density at radius 1 is 1.21 bits per heavy atom. The third-order valence-corrected chi connectivity index (χ3v) is 3.06. The topological polar surface area (TPSA) is 80.7 Å². The minimum absolute atomic E-state index is 0.311. The molecule has 2 aromatic heterocycles. The second kappa shape index (κ2) is 4.70. The van der Waals surface area contributed by atoms with E-state index in [1.165, 1.54) is 0 Å². The number of aromatic amines is 1. The maximum atomic E-state index is 6.16. The van der Waals surface area contributed by atoms with E-state index in [-0.39, 0.29) is 6.04 Å². The molecule has 5 nitrogen and oxygen atoms in total. The lowest BCUT2D eigenvalue weighted by Gasteiger charge is -2.07. The first kappa shape index (κ1) is 11.7. The van der Waals surface area contributed by atoms with Crippen molar-refractivity contribution in [3.63, 3.8) is 0 Å². The lowest BCUT2D eigenvalue weighted by Crippen LogP contribution is -2.13. The van der Waals surface area contributed by atoms with Crippen molar-refractivity contribution in [2.45, 2.75) is 13.0 Å². The van der Waals surface area contributed by atoms with Crippen molar-refractivity contribution < 1.29 is 4.42 Å². The Bertz CT molecular complexity index is 672. The van der Waals surface area contributed by atoms with Crippen LogP contribution in [-0.4, -0.2) is 15.2 Å². The van der Waals surface area contributed by atoms with Gasteiger partial charge in [-0.25, -0.2) is 4.98 Å². The van der Waals surface area contributed by atoms with Crippen molar-refractivity contribution in [3.05, 3.63) is 59.8 Å². The largest absolute Gasteiger partial charge is 0.469 e. The van der Waals surface area contributed by atoms with Crippen LogP contribution in [0.1, 0.15) is 23.2 Å². The molecule has 3 N–H and O–H groups in total. The number of aromatic nitrogens is 3. The van der Waals surface area contributed by atoms with Crippen LogP contribution in [-0.2, 0) is 0 Å². The molecule has 0 bridgehead atoms. The number of nitrogens with zero attached hydrogens (tertiary/aromatic N) is 2. The van der Waals surface area contributed by atoms with Gasteiger partial charge in [-0.3, -0.25) is 5.10 Å². The zero-order valence-corrected chi connectivity index (χ0v) is 10.5. The Labute approximate surface area is 110 Å². The van der Waals surface area contributed by atoms with Crippen LogP contribution in [0.15, 0.2) is 47.1 Å². The highest BCUT2D eigenvalue weighted by atomic mass is 16.3. The number of H-pyrrole nitrogens is 1. The van der Waals surface area contributed by atoms with Crippen molar-refractivity contribution in [1.29, 1.82) is 0 Å². The molecule has 0 amide bonds. The van der Waals surface area contributed by atoms with E-state index in [1.54, 1.807) is 6.26 Å². The summed E-state index contributed by atoms with van der Waals surface area (Å²) in [5.41, 5.74) is 8.04. The fraction of sp³-hybridized carbons (Fsp3) is 0.143. The molecule has 0 aliphatic heterocycles. The fourth-order valence-electron chi connectivity index (χ4n) is 1.97. The van der Waals surface area contributed by atoms with E-state index in [1.807, 2.05) is 43.3 Å². The minimum atomic E-state index is -0.311. The maximum absolute atomic E-state index is 6.16. The van der Waals surface area contributed by atoms with E-state index in [9.17, 15) is 0 Å². The van der Waals surface area contributed by atoms with Gasteiger partial charge in [0, 0.05) is 0 Å². The molecule has 96 valence electrons. The van der Waals surface area contributed by atoms with Gasteiger partial charge in [-0.15, -0.1) is 0 Å². The molecule has 5 heteroatoms. The second-order valence-corrected chi connectivity index (χ2v) is 4.32. The predicted molar refractivity (Wildman–Crippen MR) is 71.3 cm³/mol. The first-order valence-electron chi connectivity index (χ1n) is 6.03. The Hall–Kier alpha value is -2.40. The predicted octanol–water partition coefficient (Wildman–Crippen LogP) is 2.42. The van der Waals surface area contributed by atoms with Crippen LogP contribution in [0.2, 0.25) is 0 Å². The zero-order chi connectivity index (χ0) is 13.2. The van der Waals surface area contributed by atoms with Crippen molar-refractivity contribution in [3.8, 4) is 11.4 Å². The molecule has 0 aliphatic carbocycles. The Morgan fingerprint density at radius 2 is 2.00 bits per heavy atom. The minimum Gasteiger partial charge on any atom is -0.469 e. The fourth-order valence-corrected chi connectivity index (χ4v) is 1.97. The molecule has 0 fully saturated rings. The summed E-state index contributed by atoms with van der Waals surface area (Å²) in [6.07, 6.45) is 1.62. The van der Waals surface area contributed by atoms with Gasteiger partial charge >= 0.3 is 0 Å². The van der Waals surface area contributed by atoms with Gasteiger partial charge in [0.1, 0.15) is 11.6 Å². The van der Waals surface area contributed by atoms with Gasteiger partial charge in [0.25, 0.3) is 0 Å². The number of nitrogens with one attached hydrogen (secondary N) is 1. The molecule has 19 heavy (non-hydrogen) atoms. The van der Waals surface area contributed by atoms with Crippen LogP contribution in [0, 0.1) is 6.92 Å². The van der Waals surface area contributed by atoms with E-state index in [2.05, 4.69) is 15.2 Å². The number of hydrogen-bond donors (Lipinski definition) is 2. The van der Waals surface area contributed by atoms with Gasteiger partial charge in [0.05, 0.1) is 17.9 Å². The van der Waals surface area contributed by atoms with Crippen LogP contribution in [0.25, 0.3) is 11.4 Å². The standard InChI is InChI=1S/C14H14N4O/c1-9-11(7-8-19-9)13-16-14(18-17-13)12(15)10-5-3-2-4-6-10/h2-8,12H,15H2,1H3,(H,16,17,18). The number of furan rings is 1. The highest BCUT2D eigenvalue weighted by Crippen LogP contribution is 2.22. The first-order chi connectivity index (χ1) is 9.25. The van der Waals surface area contributed by atoms with Crippen molar-refractivity contribution in [1.82, 2.24) is 15.2 Å². The third-order valence-electron chi connectivity index (χ3n) is 3.06. The number of nitrogens with two attached hydrogens (primary N) is 1. The molecular weight excluding hydrogens is 240 g/mol. The third kappa shape index (κ3) is 2.15. The summed E-state index contributed by atoms with van der Waals surface area (Å²) in [7, 11) is 0. The number of aryl methyl sites for hydroxylation is 1.